The zero-order valence-corrected chi connectivity index (χ0v) is 17.8. The average molecular weight is 426 g/mol. The van der Waals surface area contributed by atoms with Crippen molar-refractivity contribution in [2.24, 2.45) is 0 Å². The van der Waals surface area contributed by atoms with Gasteiger partial charge in [0.25, 0.3) is 0 Å². The first-order valence-corrected chi connectivity index (χ1v) is 10.2. The Morgan fingerprint density at radius 2 is 1.88 bits per heavy atom. The van der Waals surface area contributed by atoms with Gasteiger partial charge in [-0.1, -0.05) is 30.3 Å². The normalized spacial score (nSPS) is 10.9. The molecule has 32 heavy (non-hydrogen) atoms. The molecule has 1 N–H and O–H groups in total. The second-order valence-corrected chi connectivity index (χ2v) is 7.28. The van der Waals surface area contributed by atoms with Crippen LogP contribution in [-0.4, -0.2) is 31.3 Å². The van der Waals surface area contributed by atoms with Crippen molar-refractivity contribution < 1.29 is 9.47 Å². The first kappa shape index (κ1) is 19.6. The minimum Gasteiger partial charge on any atom is -0.494 e. The van der Waals surface area contributed by atoms with Crippen LogP contribution in [0.15, 0.2) is 79.4 Å². The highest BCUT2D eigenvalue weighted by atomic mass is 16.5. The SMILES string of the molecule is COc1cc(Nc2nc3c(OCc4ccccc4)cccn3n2)ccc1-n1cnc(C)c1. The van der Waals surface area contributed by atoms with Gasteiger partial charge in [0.1, 0.15) is 12.4 Å². The summed E-state index contributed by atoms with van der Waals surface area (Å²) in [5.74, 6) is 1.84. The van der Waals surface area contributed by atoms with Crippen LogP contribution in [0.1, 0.15) is 11.3 Å². The van der Waals surface area contributed by atoms with Crippen molar-refractivity contribution in [1.82, 2.24) is 24.1 Å². The predicted molar refractivity (Wildman–Crippen MR) is 122 cm³/mol. The van der Waals surface area contributed by atoms with Crippen molar-refractivity contribution in [3.63, 3.8) is 0 Å². The van der Waals surface area contributed by atoms with Gasteiger partial charge in [-0.05, 0) is 36.8 Å². The number of pyridine rings is 1. The fraction of sp³-hybridized carbons (Fsp3) is 0.125. The van der Waals surface area contributed by atoms with Crippen LogP contribution in [0.2, 0.25) is 0 Å². The highest BCUT2D eigenvalue weighted by Gasteiger charge is 2.12. The van der Waals surface area contributed by atoms with Gasteiger partial charge in [-0.15, -0.1) is 5.10 Å². The third-order valence-electron chi connectivity index (χ3n) is 4.99. The van der Waals surface area contributed by atoms with E-state index in [4.69, 9.17) is 9.47 Å². The van der Waals surface area contributed by atoms with Crippen molar-refractivity contribution in [3.05, 3.63) is 90.6 Å². The van der Waals surface area contributed by atoms with Crippen LogP contribution in [-0.2, 0) is 6.61 Å². The number of rotatable bonds is 7. The number of aryl methyl sites for hydroxylation is 1. The van der Waals surface area contributed by atoms with E-state index in [1.807, 2.05) is 84.5 Å². The number of hydrogen-bond donors (Lipinski definition) is 1. The van der Waals surface area contributed by atoms with Crippen molar-refractivity contribution in [2.75, 3.05) is 12.4 Å². The smallest absolute Gasteiger partial charge is 0.247 e. The summed E-state index contributed by atoms with van der Waals surface area (Å²) in [6.07, 6.45) is 5.56. The van der Waals surface area contributed by atoms with Crippen LogP contribution < -0.4 is 14.8 Å². The van der Waals surface area contributed by atoms with Crippen LogP contribution in [0.4, 0.5) is 11.6 Å². The molecular formula is C24H22N6O2. The minimum absolute atomic E-state index is 0.461. The summed E-state index contributed by atoms with van der Waals surface area (Å²) in [5.41, 5.74) is 4.38. The molecule has 5 aromatic rings. The lowest BCUT2D eigenvalue weighted by Crippen LogP contribution is -1.98. The Morgan fingerprint density at radius 3 is 2.66 bits per heavy atom. The Hall–Kier alpha value is -4.33. The summed E-state index contributed by atoms with van der Waals surface area (Å²) in [5, 5.41) is 7.77. The number of fused-ring (bicyclic) bond motifs is 1. The number of ether oxygens (including phenoxy) is 2. The van der Waals surface area contributed by atoms with Gasteiger partial charge in [0.2, 0.25) is 5.95 Å². The predicted octanol–water partition coefficient (Wildman–Crippen LogP) is 4.55. The van der Waals surface area contributed by atoms with E-state index in [9.17, 15) is 0 Å². The maximum atomic E-state index is 5.99. The summed E-state index contributed by atoms with van der Waals surface area (Å²) in [6, 6.07) is 19.6. The first-order chi connectivity index (χ1) is 15.7. The highest BCUT2D eigenvalue weighted by molar-refractivity contribution is 5.64. The molecule has 0 atom stereocenters. The first-order valence-electron chi connectivity index (χ1n) is 10.2. The van der Waals surface area contributed by atoms with Crippen molar-refractivity contribution >= 4 is 17.3 Å². The molecular weight excluding hydrogens is 404 g/mol. The van der Waals surface area contributed by atoms with E-state index >= 15 is 0 Å². The molecule has 5 rings (SSSR count). The highest BCUT2D eigenvalue weighted by Crippen LogP contribution is 2.28. The van der Waals surface area contributed by atoms with Crippen molar-refractivity contribution in [1.29, 1.82) is 0 Å². The van der Waals surface area contributed by atoms with E-state index in [2.05, 4.69) is 20.4 Å². The lowest BCUT2D eigenvalue weighted by molar-refractivity contribution is 0.308. The number of imidazole rings is 1. The van der Waals surface area contributed by atoms with Crippen LogP contribution in [0.5, 0.6) is 11.5 Å². The van der Waals surface area contributed by atoms with E-state index in [-0.39, 0.29) is 0 Å². The van der Waals surface area contributed by atoms with E-state index in [1.54, 1.807) is 18.0 Å². The standard InChI is InChI=1S/C24H22N6O2/c1-17-14-29(16-25-17)20-11-10-19(13-22(20)31-2)26-24-27-23-21(9-6-12-30(23)28-24)32-15-18-7-4-3-5-8-18/h3-14,16H,15H2,1-2H3,(H,26,28). The minimum atomic E-state index is 0.461. The van der Waals surface area contributed by atoms with E-state index in [0.29, 0.717) is 29.7 Å². The van der Waals surface area contributed by atoms with Crippen LogP contribution >= 0.6 is 0 Å². The van der Waals surface area contributed by atoms with Crippen molar-refractivity contribution in [2.45, 2.75) is 13.5 Å². The number of hydrogen-bond acceptors (Lipinski definition) is 6. The molecule has 0 saturated heterocycles. The molecule has 160 valence electrons. The molecule has 0 amide bonds. The number of nitrogens with one attached hydrogen (secondary N) is 1. The molecule has 0 aliphatic rings. The maximum absolute atomic E-state index is 5.99. The number of aromatic nitrogens is 5. The van der Waals surface area contributed by atoms with Crippen molar-refractivity contribution in [3.8, 4) is 17.2 Å². The van der Waals surface area contributed by atoms with Crippen LogP contribution in [0.3, 0.4) is 0 Å². The molecule has 3 heterocycles. The Labute approximate surface area is 185 Å². The van der Waals surface area contributed by atoms with Crippen LogP contribution in [0, 0.1) is 6.92 Å². The van der Waals surface area contributed by atoms with E-state index in [0.717, 1.165) is 22.6 Å². The van der Waals surface area contributed by atoms with E-state index in [1.165, 1.54) is 0 Å². The van der Waals surface area contributed by atoms with Gasteiger partial charge < -0.3 is 19.4 Å². The van der Waals surface area contributed by atoms with E-state index < -0.39 is 0 Å². The maximum Gasteiger partial charge on any atom is 0.247 e. The fourth-order valence-corrected chi connectivity index (χ4v) is 3.43. The largest absolute Gasteiger partial charge is 0.494 e. The fourth-order valence-electron chi connectivity index (χ4n) is 3.43. The number of anilines is 2. The van der Waals surface area contributed by atoms with Gasteiger partial charge in [-0.2, -0.15) is 4.98 Å². The van der Waals surface area contributed by atoms with Gasteiger partial charge in [0.05, 0.1) is 24.8 Å². The monoisotopic (exact) mass is 426 g/mol. The Bertz CT molecular complexity index is 1360. The van der Waals surface area contributed by atoms with Gasteiger partial charge in [0.15, 0.2) is 11.4 Å². The lowest BCUT2D eigenvalue weighted by Gasteiger charge is -2.11. The zero-order valence-electron chi connectivity index (χ0n) is 17.8. The molecule has 0 fully saturated rings. The molecule has 0 aliphatic carbocycles. The summed E-state index contributed by atoms with van der Waals surface area (Å²) < 4.78 is 15.2. The molecule has 2 aromatic carbocycles. The van der Waals surface area contributed by atoms with Crippen LogP contribution in [0.25, 0.3) is 11.3 Å². The number of benzene rings is 2. The summed E-state index contributed by atoms with van der Waals surface area (Å²) >= 11 is 0. The lowest BCUT2D eigenvalue weighted by atomic mass is 10.2. The second-order valence-electron chi connectivity index (χ2n) is 7.28. The number of nitrogens with zero attached hydrogens (tertiary/aromatic N) is 5. The summed E-state index contributed by atoms with van der Waals surface area (Å²) in [4.78, 5) is 8.90. The molecule has 3 aromatic heterocycles. The third-order valence-corrected chi connectivity index (χ3v) is 4.99. The summed E-state index contributed by atoms with van der Waals surface area (Å²) in [7, 11) is 1.64. The topological polar surface area (TPSA) is 78.5 Å². The quantitative estimate of drug-likeness (QED) is 0.411. The molecule has 0 unspecified atom stereocenters. The van der Waals surface area contributed by atoms with Gasteiger partial charge >= 0.3 is 0 Å². The molecule has 0 saturated carbocycles. The van der Waals surface area contributed by atoms with Gasteiger partial charge in [-0.25, -0.2) is 9.50 Å². The molecule has 8 heteroatoms. The molecule has 0 bridgehead atoms. The molecule has 8 nitrogen and oxygen atoms in total. The Balaban J connectivity index is 1.38. The van der Waals surface area contributed by atoms with Gasteiger partial charge in [0, 0.05) is 24.1 Å². The Kier molecular flexibility index (Phi) is 5.17. The summed E-state index contributed by atoms with van der Waals surface area (Å²) in [6.45, 7) is 2.41. The molecule has 0 spiro atoms. The molecule has 0 aliphatic heterocycles. The Morgan fingerprint density at radius 1 is 1.00 bits per heavy atom. The molecule has 0 radical (unpaired) electrons. The number of methoxy groups -OCH3 is 1. The average Bonchev–Trinajstić information content (AvgIpc) is 3.44. The third kappa shape index (κ3) is 3.98. The van der Waals surface area contributed by atoms with Gasteiger partial charge in [-0.3, -0.25) is 0 Å². The second kappa shape index (κ2) is 8.43. The zero-order chi connectivity index (χ0) is 21.9.